The van der Waals surface area contributed by atoms with E-state index in [1.807, 2.05) is 12.1 Å². The number of hydrogen-bond donors (Lipinski definition) is 1. The first kappa shape index (κ1) is 14.3. The van der Waals surface area contributed by atoms with E-state index in [0.717, 1.165) is 4.90 Å². The summed E-state index contributed by atoms with van der Waals surface area (Å²) >= 11 is 1.40. The first-order valence-corrected chi connectivity index (χ1v) is 6.41. The lowest BCUT2D eigenvalue weighted by Crippen LogP contribution is -2.31. The van der Waals surface area contributed by atoms with E-state index in [-0.39, 0.29) is 23.5 Å². The maximum atomic E-state index is 11.6. The largest absolute Gasteiger partial charge is 0.344 e. The van der Waals surface area contributed by atoms with E-state index in [2.05, 4.69) is 11.2 Å². The lowest BCUT2D eigenvalue weighted by Gasteiger charge is -2.10. The van der Waals surface area contributed by atoms with Crippen molar-refractivity contribution in [2.75, 3.05) is 6.54 Å². The van der Waals surface area contributed by atoms with Gasteiger partial charge >= 0.3 is 0 Å². The highest BCUT2D eigenvalue weighted by Crippen LogP contribution is 2.24. The van der Waals surface area contributed by atoms with Crippen LogP contribution in [0.4, 0.5) is 0 Å². The van der Waals surface area contributed by atoms with Gasteiger partial charge in [-0.2, -0.15) is 0 Å². The van der Waals surface area contributed by atoms with Crippen molar-refractivity contribution in [2.45, 2.75) is 24.0 Å². The van der Waals surface area contributed by atoms with Crippen LogP contribution in [0.15, 0.2) is 29.2 Å². The van der Waals surface area contributed by atoms with Crippen molar-refractivity contribution >= 4 is 23.5 Å². The van der Waals surface area contributed by atoms with Crippen LogP contribution in [-0.4, -0.2) is 23.5 Å². The highest BCUT2D eigenvalue weighted by molar-refractivity contribution is 8.00. The molecule has 3 nitrogen and oxygen atoms in total. The summed E-state index contributed by atoms with van der Waals surface area (Å²) in [7, 11) is 0. The minimum absolute atomic E-state index is 0.0156. The van der Waals surface area contributed by atoms with Crippen LogP contribution in [-0.2, 0) is 4.79 Å². The Bertz CT molecular complexity index is 491. The fraction of sp³-hybridized carbons (Fsp3) is 0.286. The molecule has 0 saturated carbocycles. The van der Waals surface area contributed by atoms with E-state index in [1.165, 1.54) is 18.7 Å². The summed E-state index contributed by atoms with van der Waals surface area (Å²) in [5.74, 6) is 2.27. The van der Waals surface area contributed by atoms with Crippen molar-refractivity contribution in [3.8, 4) is 12.3 Å². The molecule has 1 unspecified atom stereocenters. The zero-order valence-corrected chi connectivity index (χ0v) is 11.2. The fourth-order valence-corrected chi connectivity index (χ4v) is 2.28. The van der Waals surface area contributed by atoms with Gasteiger partial charge in [-0.05, 0) is 26.0 Å². The zero-order chi connectivity index (χ0) is 13.5. The van der Waals surface area contributed by atoms with Gasteiger partial charge in [-0.25, -0.2) is 0 Å². The van der Waals surface area contributed by atoms with Crippen molar-refractivity contribution < 1.29 is 9.59 Å². The highest BCUT2D eigenvalue weighted by Gasteiger charge is 2.13. The van der Waals surface area contributed by atoms with Gasteiger partial charge in [0.2, 0.25) is 5.91 Å². The molecule has 0 spiro atoms. The number of hydrogen-bond acceptors (Lipinski definition) is 3. The Balaban J connectivity index is 2.67. The lowest BCUT2D eigenvalue weighted by molar-refractivity contribution is -0.120. The van der Waals surface area contributed by atoms with E-state index in [0.29, 0.717) is 5.56 Å². The quantitative estimate of drug-likeness (QED) is 0.502. The number of thioether (sulfide) groups is 1. The number of ketones is 1. The molecular formula is C14H15NO2S. The van der Waals surface area contributed by atoms with Gasteiger partial charge in [0.15, 0.2) is 5.78 Å². The van der Waals surface area contributed by atoms with Crippen molar-refractivity contribution in [2.24, 2.45) is 0 Å². The molecule has 0 saturated heterocycles. The molecule has 0 fully saturated rings. The molecule has 1 N–H and O–H groups in total. The molecule has 18 heavy (non-hydrogen) atoms. The molecule has 0 bridgehead atoms. The zero-order valence-electron chi connectivity index (χ0n) is 10.4. The fourth-order valence-electron chi connectivity index (χ4n) is 1.33. The van der Waals surface area contributed by atoms with E-state index < -0.39 is 0 Å². The van der Waals surface area contributed by atoms with Crippen LogP contribution in [0.5, 0.6) is 0 Å². The summed E-state index contributed by atoms with van der Waals surface area (Å²) in [4.78, 5) is 23.8. The summed E-state index contributed by atoms with van der Waals surface area (Å²) in [5.41, 5.74) is 0.649. The van der Waals surface area contributed by atoms with Crippen LogP contribution in [0.1, 0.15) is 24.2 Å². The van der Waals surface area contributed by atoms with E-state index in [4.69, 9.17) is 6.42 Å². The number of carbonyl (C=O) groups excluding carboxylic acids is 2. The third kappa shape index (κ3) is 4.27. The topological polar surface area (TPSA) is 46.2 Å². The third-order valence-corrected chi connectivity index (χ3v) is 3.38. The number of rotatable bonds is 5. The van der Waals surface area contributed by atoms with Gasteiger partial charge in [0, 0.05) is 10.5 Å². The molecule has 4 heteroatoms. The molecule has 1 atom stereocenters. The third-order valence-electron chi connectivity index (χ3n) is 2.29. The number of Topliss-reactive ketones (excluding diaryl/α,β-unsaturated/α-hetero) is 1. The van der Waals surface area contributed by atoms with E-state index in [1.54, 1.807) is 19.1 Å². The lowest BCUT2D eigenvalue weighted by atomic mass is 10.2. The first-order valence-electron chi connectivity index (χ1n) is 5.53. The van der Waals surface area contributed by atoms with Crippen molar-refractivity contribution in [1.29, 1.82) is 0 Å². The highest BCUT2D eigenvalue weighted by atomic mass is 32.2. The molecule has 1 amide bonds. The van der Waals surface area contributed by atoms with Crippen LogP contribution < -0.4 is 5.32 Å². The van der Waals surface area contributed by atoms with Crippen LogP contribution >= 0.6 is 11.8 Å². The molecule has 0 radical (unpaired) electrons. The van der Waals surface area contributed by atoms with Crippen LogP contribution in [0.2, 0.25) is 0 Å². The normalized spacial score (nSPS) is 11.4. The van der Waals surface area contributed by atoms with E-state index >= 15 is 0 Å². The Hall–Kier alpha value is -1.73. The van der Waals surface area contributed by atoms with E-state index in [9.17, 15) is 9.59 Å². The smallest absolute Gasteiger partial charge is 0.233 e. The molecule has 1 aromatic rings. The molecule has 94 valence electrons. The van der Waals surface area contributed by atoms with Gasteiger partial charge in [0.05, 0.1) is 11.8 Å². The predicted molar refractivity (Wildman–Crippen MR) is 73.6 cm³/mol. The second kappa shape index (κ2) is 6.87. The standard InChI is InChI=1S/C14H15NO2S/c1-4-8-15-14(17)11(3)18-13-7-5-6-12(9-13)10(2)16/h1,5-7,9,11H,8H2,2-3H3,(H,15,17). The SMILES string of the molecule is C#CCNC(=O)C(C)Sc1cccc(C(C)=O)c1. The summed E-state index contributed by atoms with van der Waals surface area (Å²) < 4.78 is 0. The summed E-state index contributed by atoms with van der Waals surface area (Å²) in [6, 6.07) is 7.24. The molecule has 0 aliphatic carbocycles. The average molecular weight is 261 g/mol. The molecule has 0 aliphatic heterocycles. The Morgan fingerprint density at radius 2 is 2.22 bits per heavy atom. The van der Waals surface area contributed by atoms with Gasteiger partial charge in [-0.3, -0.25) is 9.59 Å². The molecular weight excluding hydrogens is 246 g/mol. The number of nitrogens with one attached hydrogen (secondary N) is 1. The molecule has 0 aliphatic rings. The molecule has 0 heterocycles. The molecule has 1 rings (SSSR count). The Labute approximate surface area is 111 Å². The monoisotopic (exact) mass is 261 g/mol. The second-order valence-corrected chi connectivity index (χ2v) is 5.18. The molecule has 0 aromatic heterocycles. The van der Waals surface area contributed by atoms with Gasteiger partial charge in [0.25, 0.3) is 0 Å². The summed E-state index contributed by atoms with van der Waals surface area (Å²) in [6.45, 7) is 3.56. The minimum Gasteiger partial charge on any atom is -0.344 e. The van der Waals surface area contributed by atoms with Crippen molar-refractivity contribution in [3.63, 3.8) is 0 Å². The Morgan fingerprint density at radius 1 is 1.50 bits per heavy atom. The van der Waals surface area contributed by atoms with Gasteiger partial charge in [-0.1, -0.05) is 18.1 Å². The maximum absolute atomic E-state index is 11.6. The summed E-state index contributed by atoms with van der Waals surface area (Å²) in [5, 5.41) is 2.38. The summed E-state index contributed by atoms with van der Waals surface area (Å²) in [6.07, 6.45) is 5.07. The molecule has 1 aromatic carbocycles. The predicted octanol–water partition coefficient (Wildman–Crippen LogP) is 2.12. The minimum atomic E-state index is -0.249. The second-order valence-electron chi connectivity index (χ2n) is 3.77. The van der Waals surface area contributed by atoms with Gasteiger partial charge in [-0.15, -0.1) is 18.2 Å². The van der Waals surface area contributed by atoms with Crippen LogP contribution in [0.25, 0.3) is 0 Å². The Kier molecular flexibility index (Phi) is 5.47. The van der Waals surface area contributed by atoms with Gasteiger partial charge < -0.3 is 5.32 Å². The average Bonchev–Trinajstić information content (AvgIpc) is 2.36. The Morgan fingerprint density at radius 3 is 2.83 bits per heavy atom. The maximum Gasteiger partial charge on any atom is 0.233 e. The number of terminal acetylenes is 1. The van der Waals surface area contributed by atoms with Crippen LogP contribution in [0.3, 0.4) is 0 Å². The van der Waals surface area contributed by atoms with Crippen molar-refractivity contribution in [3.05, 3.63) is 29.8 Å². The van der Waals surface area contributed by atoms with Gasteiger partial charge in [0.1, 0.15) is 0 Å². The van der Waals surface area contributed by atoms with Crippen molar-refractivity contribution in [1.82, 2.24) is 5.32 Å². The number of amides is 1. The number of carbonyl (C=O) groups is 2. The van der Waals surface area contributed by atoms with Crippen LogP contribution in [0, 0.1) is 12.3 Å². The first-order chi connectivity index (χ1) is 8.54. The number of benzene rings is 1.